The molecule has 2 aromatic rings. The molecule has 0 unspecified atom stereocenters. The van der Waals surface area contributed by atoms with Gasteiger partial charge in [-0.1, -0.05) is 50.6 Å². The van der Waals surface area contributed by atoms with E-state index >= 15 is 0 Å². The Morgan fingerprint density at radius 2 is 1.67 bits per heavy atom. The third-order valence-electron chi connectivity index (χ3n) is 2.64. The summed E-state index contributed by atoms with van der Waals surface area (Å²) in [4.78, 5) is 1.24. The molecule has 4 heteroatoms. The summed E-state index contributed by atoms with van der Waals surface area (Å²) in [6, 6.07) is 14.9. The molecule has 0 aromatic heterocycles. The predicted octanol–water partition coefficient (Wildman–Crippen LogP) is 3.40. The van der Waals surface area contributed by atoms with Gasteiger partial charge in [0.05, 0.1) is 0 Å². The van der Waals surface area contributed by atoms with Gasteiger partial charge in [-0.05, 0) is 34.9 Å². The molecule has 0 fully saturated rings. The minimum atomic E-state index is 0.692. The lowest BCUT2D eigenvalue weighted by Crippen LogP contribution is -2.28. The number of hydrogen-bond acceptors (Lipinski definition) is 4. The summed E-state index contributed by atoms with van der Waals surface area (Å²) in [7, 11) is 0. The van der Waals surface area contributed by atoms with E-state index < -0.39 is 0 Å². The average Bonchev–Trinajstić information content (AvgIpc) is 2.51. The van der Waals surface area contributed by atoms with Crippen molar-refractivity contribution in [3.63, 3.8) is 0 Å². The Balaban J connectivity index is 0.000000677. The summed E-state index contributed by atoms with van der Waals surface area (Å²) in [6.07, 6.45) is 1.25. The Kier molecular flexibility index (Phi) is 9.91. The van der Waals surface area contributed by atoms with Gasteiger partial charge >= 0.3 is 0 Å². The van der Waals surface area contributed by atoms with Crippen molar-refractivity contribution < 1.29 is 0 Å². The van der Waals surface area contributed by atoms with Crippen molar-refractivity contribution in [2.45, 2.75) is 25.2 Å². The van der Waals surface area contributed by atoms with Crippen LogP contribution >= 0.6 is 11.9 Å². The number of nitrogens with one attached hydrogen (secondary N) is 2. The van der Waals surface area contributed by atoms with Crippen LogP contribution in [0.25, 0.3) is 10.8 Å². The van der Waals surface area contributed by atoms with Gasteiger partial charge in [-0.3, -0.25) is 4.72 Å². The maximum atomic E-state index is 5.40. The van der Waals surface area contributed by atoms with Gasteiger partial charge < -0.3 is 11.1 Å². The van der Waals surface area contributed by atoms with Crippen molar-refractivity contribution >= 4 is 22.7 Å². The highest BCUT2D eigenvalue weighted by Gasteiger charge is 1.96. The molecule has 0 spiro atoms. The van der Waals surface area contributed by atoms with Gasteiger partial charge in [0.15, 0.2) is 0 Å². The number of fused-ring (bicyclic) bond motifs is 1. The molecule has 0 aliphatic carbocycles. The maximum absolute atomic E-state index is 5.40. The highest BCUT2D eigenvalue weighted by atomic mass is 32.2. The molecular formula is C17H27N3S. The molecule has 0 aliphatic rings. The lowest BCUT2D eigenvalue weighted by Gasteiger charge is -2.06. The molecule has 2 aromatic carbocycles. The predicted molar refractivity (Wildman–Crippen MR) is 95.7 cm³/mol. The van der Waals surface area contributed by atoms with Crippen molar-refractivity contribution in [1.82, 2.24) is 10.0 Å². The van der Waals surface area contributed by atoms with Crippen LogP contribution in [0.15, 0.2) is 47.4 Å². The number of nitrogens with two attached hydrogens (primary N) is 1. The second-order valence-corrected chi connectivity index (χ2v) is 5.72. The van der Waals surface area contributed by atoms with Crippen molar-refractivity contribution in [2.24, 2.45) is 5.73 Å². The normalized spacial score (nSPS) is 10.2. The molecule has 4 N–H and O–H groups in total. The highest BCUT2D eigenvalue weighted by Crippen LogP contribution is 2.21. The maximum Gasteiger partial charge on any atom is 0.0234 e. The van der Waals surface area contributed by atoms with Crippen molar-refractivity contribution in [3.8, 4) is 0 Å². The quantitative estimate of drug-likeness (QED) is 0.542. The molecule has 0 aliphatic heterocycles. The van der Waals surface area contributed by atoms with Gasteiger partial charge in [-0.15, -0.1) is 0 Å². The van der Waals surface area contributed by atoms with Crippen LogP contribution in [0.2, 0.25) is 0 Å². The van der Waals surface area contributed by atoms with Gasteiger partial charge in [-0.25, -0.2) is 0 Å². The monoisotopic (exact) mass is 305 g/mol. The molecule has 2 rings (SSSR count). The van der Waals surface area contributed by atoms with Crippen LogP contribution in [0.1, 0.15) is 20.3 Å². The topological polar surface area (TPSA) is 50.1 Å². The van der Waals surface area contributed by atoms with Crippen LogP contribution in [0, 0.1) is 0 Å². The van der Waals surface area contributed by atoms with Crippen molar-refractivity contribution in [3.05, 3.63) is 42.5 Å². The zero-order chi connectivity index (χ0) is 15.3. The Morgan fingerprint density at radius 3 is 2.38 bits per heavy atom. The first-order valence-corrected chi connectivity index (χ1v) is 8.42. The summed E-state index contributed by atoms with van der Waals surface area (Å²) >= 11 is 1.67. The SMILES string of the molecule is CCC.NCCNCCNSc1ccc2ccccc2c1. The molecule has 21 heavy (non-hydrogen) atoms. The van der Waals surface area contributed by atoms with Gasteiger partial charge in [-0.2, -0.15) is 0 Å². The summed E-state index contributed by atoms with van der Waals surface area (Å²) in [5.41, 5.74) is 5.40. The fourth-order valence-corrected chi connectivity index (χ4v) is 2.42. The Bertz CT molecular complexity index is 502. The van der Waals surface area contributed by atoms with Crippen LogP contribution in [0.3, 0.4) is 0 Å². The molecule has 0 atom stereocenters. The van der Waals surface area contributed by atoms with Crippen LogP contribution < -0.4 is 15.8 Å². The summed E-state index contributed by atoms with van der Waals surface area (Å²) < 4.78 is 3.34. The van der Waals surface area contributed by atoms with Gasteiger partial charge in [0.2, 0.25) is 0 Å². The minimum absolute atomic E-state index is 0.692. The summed E-state index contributed by atoms with van der Waals surface area (Å²) in [6.45, 7) is 7.69. The molecule has 0 saturated carbocycles. The van der Waals surface area contributed by atoms with E-state index in [0.717, 1.165) is 19.6 Å². The van der Waals surface area contributed by atoms with Crippen LogP contribution in [-0.4, -0.2) is 26.2 Å². The van der Waals surface area contributed by atoms with E-state index in [4.69, 9.17) is 5.73 Å². The Labute approximate surface area is 132 Å². The first kappa shape index (κ1) is 18.0. The van der Waals surface area contributed by atoms with Crippen LogP contribution in [-0.2, 0) is 0 Å². The van der Waals surface area contributed by atoms with E-state index in [0.29, 0.717) is 6.54 Å². The van der Waals surface area contributed by atoms with Crippen LogP contribution in [0.4, 0.5) is 0 Å². The zero-order valence-electron chi connectivity index (χ0n) is 13.1. The molecule has 116 valence electrons. The lowest BCUT2D eigenvalue weighted by atomic mass is 10.1. The third kappa shape index (κ3) is 7.48. The average molecular weight is 305 g/mol. The van der Waals surface area contributed by atoms with Gasteiger partial charge in [0.1, 0.15) is 0 Å². The number of hydrogen-bond donors (Lipinski definition) is 3. The second-order valence-electron chi connectivity index (χ2n) is 4.75. The van der Waals surface area contributed by atoms with E-state index in [1.165, 1.54) is 22.1 Å². The largest absolute Gasteiger partial charge is 0.329 e. The molecule has 0 saturated heterocycles. The molecule has 0 bridgehead atoms. The molecular weight excluding hydrogens is 278 g/mol. The van der Waals surface area contributed by atoms with Crippen molar-refractivity contribution in [2.75, 3.05) is 26.2 Å². The first-order chi connectivity index (χ1) is 10.3. The highest BCUT2D eigenvalue weighted by molar-refractivity contribution is 7.97. The fraction of sp³-hybridized carbons (Fsp3) is 0.412. The number of benzene rings is 2. The minimum Gasteiger partial charge on any atom is -0.329 e. The number of rotatable bonds is 7. The van der Waals surface area contributed by atoms with E-state index in [1.54, 1.807) is 11.9 Å². The Hall–Kier alpha value is -1.07. The molecule has 0 heterocycles. The zero-order valence-corrected chi connectivity index (χ0v) is 13.9. The standard InChI is InChI=1S/C14H19N3S.C3H8/c15-7-8-16-9-10-17-18-14-6-5-12-3-1-2-4-13(12)11-14;1-3-2/h1-6,11,16-17H,7-10,15H2;3H2,1-2H3. The summed E-state index contributed by atoms with van der Waals surface area (Å²) in [5.74, 6) is 0. The van der Waals surface area contributed by atoms with E-state index in [-0.39, 0.29) is 0 Å². The van der Waals surface area contributed by atoms with Crippen LogP contribution in [0.5, 0.6) is 0 Å². The molecule has 0 radical (unpaired) electrons. The summed E-state index contributed by atoms with van der Waals surface area (Å²) in [5, 5.41) is 5.82. The first-order valence-electron chi connectivity index (χ1n) is 7.61. The van der Waals surface area contributed by atoms with Crippen molar-refractivity contribution in [1.29, 1.82) is 0 Å². The van der Waals surface area contributed by atoms with E-state index in [9.17, 15) is 0 Å². The second kappa shape index (κ2) is 11.6. The van der Waals surface area contributed by atoms with E-state index in [1.807, 2.05) is 0 Å². The molecule has 3 nitrogen and oxygen atoms in total. The lowest BCUT2D eigenvalue weighted by molar-refractivity contribution is 0.684. The Morgan fingerprint density at radius 1 is 0.952 bits per heavy atom. The van der Waals surface area contributed by atoms with E-state index in [2.05, 4.69) is 66.4 Å². The van der Waals surface area contributed by atoms with Gasteiger partial charge in [0, 0.05) is 31.1 Å². The smallest absolute Gasteiger partial charge is 0.0234 e. The fourth-order valence-electron chi connectivity index (χ4n) is 1.73. The third-order valence-corrected chi connectivity index (χ3v) is 3.47. The van der Waals surface area contributed by atoms with Gasteiger partial charge in [0.25, 0.3) is 0 Å². The molecule has 0 amide bonds.